The number of hydrogen-bond donors (Lipinski definition) is 1. The molecule has 0 aromatic rings. The SMILES string of the molecule is CSCCN(C)C(N)=NC1CCCCC1. The standard InChI is InChI=1S/C11H23N3S/c1-14(8-9-15-2)11(12)13-10-6-4-3-5-7-10/h10H,3-9H2,1-2H3,(H2,12,13). The van der Waals surface area contributed by atoms with Crippen LogP contribution >= 0.6 is 11.8 Å². The Hall–Kier alpha value is -0.380. The fraction of sp³-hybridized carbons (Fsp3) is 0.909. The minimum absolute atomic E-state index is 0.482. The van der Waals surface area contributed by atoms with Crippen molar-refractivity contribution in [2.24, 2.45) is 10.7 Å². The highest BCUT2D eigenvalue weighted by atomic mass is 32.2. The van der Waals surface area contributed by atoms with E-state index in [4.69, 9.17) is 5.73 Å². The van der Waals surface area contributed by atoms with E-state index in [9.17, 15) is 0 Å². The van der Waals surface area contributed by atoms with Crippen LogP contribution < -0.4 is 5.73 Å². The highest BCUT2D eigenvalue weighted by Crippen LogP contribution is 2.20. The van der Waals surface area contributed by atoms with Gasteiger partial charge in [-0.1, -0.05) is 19.3 Å². The molecule has 0 amide bonds. The molecule has 0 unspecified atom stereocenters. The van der Waals surface area contributed by atoms with Crippen molar-refractivity contribution in [1.82, 2.24) is 4.90 Å². The molecule has 1 saturated carbocycles. The Morgan fingerprint density at radius 1 is 1.40 bits per heavy atom. The molecule has 3 nitrogen and oxygen atoms in total. The molecule has 0 bridgehead atoms. The average molecular weight is 229 g/mol. The van der Waals surface area contributed by atoms with E-state index in [1.807, 2.05) is 18.8 Å². The maximum absolute atomic E-state index is 5.96. The fourth-order valence-corrected chi connectivity index (χ4v) is 2.29. The van der Waals surface area contributed by atoms with E-state index in [-0.39, 0.29) is 0 Å². The van der Waals surface area contributed by atoms with E-state index in [1.165, 1.54) is 32.1 Å². The van der Waals surface area contributed by atoms with Gasteiger partial charge in [0.15, 0.2) is 5.96 Å². The second kappa shape index (κ2) is 6.99. The summed E-state index contributed by atoms with van der Waals surface area (Å²) in [5, 5.41) is 0. The smallest absolute Gasteiger partial charge is 0.191 e. The molecule has 1 aliphatic rings. The van der Waals surface area contributed by atoms with Crippen LogP contribution in [0.2, 0.25) is 0 Å². The van der Waals surface area contributed by atoms with Gasteiger partial charge in [0.1, 0.15) is 0 Å². The molecule has 1 rings (SSSR count). The Bertz CT molecular complexity index is 200. The predicted molar refractivity (Wildman–Crippen MR) is 69.5 cm³/mol. The third-order valence-electron chi connectivity index (χ3n) is 2.91. The molecule has 0 atom stereocenters. The van der Waals surface area contributed by atoms with E-state index >= 15 is 0 Å². The molecule has 4 heteroatoms. The molecule has 88 valence electrons. The van der Waals surface area contributed by atoms with Crippen LogP contribution in [0, 0.1) is 0 Å². The minimum Gasteiger partial charge on any atom is -0.370 e. The summed E-state index contributed by atoms with van der Waals surface area (Å²) in [6.07, 6.45) is 8.55. The predicted octanol–water partition coefficient (Wildman–Crippen LogP) is 1.93. The third-order valence-corrected chi connectivity index (χ3v) is 3.50. The lowest BCUT2D eigenvalue weighted by Crippen LogP contribution is -2.36. The summed E-state index contributed by atoms with van der Waals surface area (Å²) in [5.74, 6) is 1.83. The van der Waals surface area contributed by atoms with Gasteiger partial charge >= 0.3 is 0 Å². The molecule has 1 fully saturated rings. The van der Waals surface area contributed by atoms with Gasteiger partial charge in [-0.05, 0) is 19.1 Å². The van der Waals surface area contributed by atoms with Gasteiger partial charge in [0.05, 0.1) is 6.04 Å². The molecule has 0 aromatic carbocycles. The summed E-state index contributed by atoms with van der Waals surface area (Å²) in [5.41, 5.74) is 5.96. The number of rotatable bonds is 4. The zero-order chi connectivity index (χ0) is 11.1. The number of thioether (sulfide) groups is 1. The highest BCUT2D eigenvalue weighted by molar-refractivity contribution is 7.98. The first kappa shape index (κ1) is 12.7. The lowest BCUT2D eigenvalue weighted by molar-refractivity contribution is 0.433. The number of hydrogen-bond acceptors (Lipinski definition) is 2. The average Bonchev–Trinajstić information content (AvgIpc) is 2.27. The van der Waals surface area contributed by atoms with Crippen LogP contribution in [-0.4, -0.2) is 42.5 Å². The number of nitrogens with two attached hydrogens (primary N) is 1. The Kier molecular flexibility index (Phi) is 5.91. The first-order valence-electron chi connectivity index (χ1n) is 5.77. The van der Waals surface area contributed by atoms with Gasteiger partial charge in [-0.25, -0.2) is 4.99 Å². The quantitative estimate of drug-likeness (QED) is 0.591. The first-order chi connectivity index (χ1) is 7.24. The van der Waals surface area contributed by atoms with Gasteiger partial charge < -0.3 is 10.6 Å². The summed E-state index contributed by atoms with van der Waals surface area (Å²) in [7, 11) is 2.03. The summed E-state index contributed by atoms with van der Waals surface area (Å²) in [6, 6.07) is 0.482. The topological polar surface area (TPSA) is 41.6 Å². The molecule has 0 heterocycles. The van der Waals surface area contributed by atoms with Gasteiger partial charge in [-0.3, -0.25) is 0 Å². The molecule has 0 spiro atoms. The maximum Gasteiger partial charge on any atom is 0.191 e. The number of nitrogens with zero attached hydrogens (tertiary/aromatic N) is 2. The van der Waals surface area contributed by atoms with Crippen molar-refractivity contribution in [2.45, 2.75) is 38.1 Å². The van der Waals surface area contributed by atoms with Crippen LogP contribution in [0.1, 0.15) is 32.1 Å². The van der Waals surface area contributed by atoms with E-state index in [2.05, 4.69) is 16.1 Å². The van der Waals surface area contributed by atoms with Crippen molar-refractivity contribution in [3.8, 4) is 0 Å². The Morgan fingerprint density at radius 3 is 2.67 bits per heavy atom. The van der Waals surface area contributed by atoms with Crippen molar-refractivity contribution in [2.75, 3.05) is 25.6 Å². The minimum atomic E-state index is 0.482. The summed E-state index contributed by atoms with van der Waals surface area (Å²) in [4.78, 5) is 6.66. The summed E-state index contributed by atoms with van der Waals surface area (Å²) in [6.45, 7) is 0.989. The Morgan fingerprint density at radius 2 is 2.07 bits per heavy atom. The van der Waals surface area contributed by atoms with Crippen LogP contribution in [0.4, 0.5) is 0 Å². The van der Waals surface area contributed by atoms with Gasteiger partial charge in [0.25, 0.3) is 0 Å². The van der Waals surface area contributed by atoms with E-state index in [0.717, 1.165) is 18.3 Å². The lowest BCUT2D eigenvalue weighted by Gasteiger charge is -2.22. The van der Waals surface area contributed by atoms with Crippen molar-refractivity contribution in [3.63, 3.8) is 0 Å². The van der Waals surface area contributed by atoms with E-state index < -0.39 is 0 Å². The van der Waals surface area contributed by atoms with Crippen LogP contribution in [0.15, 0.2) is 4.99 Å². The van der Waals surface area contributed by atoms with Crippen molar-refractivity contribution < 1.29 is 0 Å². The van der Waals surface area contributed by atoms with Gasteiger partial charge in [-0.2, -0.15) is 11.8 Å². The van der Waals surface area contributed by atoms with Crippen molar-refractivity contribution in [3.05, 3.63) is 0 Å². The maximum atomic E-state index is 5.96. The molecule has 0 aromatic heterocycles. The van der Waals surface area contributed by atoms with Gasteiger partial charge in [0.2, 0.25) is 0 Å². The van der Waals surface area contributed by atoms with Crippen molar-refractivity contribution in [1.29, 1.82) is 0 Å². The van der Waals surface area contributed by atoms with Gasteiger partial charge in [0, 0.05) is 19.3 Å². The summed E-state index contributed by atoms with van der Waals surface area (Å²) >= 11 is 1.84. The second-order valence-corrected chi connectivity index (χ2v) is 5.18. The number of guanidine groups is 1. The molecule has 0 aliphatic heterocycles. The van der Waals surface area contributed by atoms with Crippen molar-refractivity contribution >= 4 is 17.7 Å². The Balaban J connectivity index is 2.35. The first-order valence-corrected chi connectivity index (χ1v) is 7.16. The normalized spacial score (nSPS) is 19.2. The summed E-state index contributed by atoms with van der Waals surface area (Å²) < 4.78 is 0. The van der Waals surface area contributed by atoms with E-state index in [0.29, 0.717) is 6.04 Å². The molecule has 1 aliphatic carbocycles. The third kappa shape index (κ3) is 4.78. The zero-order valence-corrected chi connectivity index (χ0v) is 10.7. The zero-order valence-electron chi connectivity index (χ0n) is 9.91. The fourth-order valence-electron chi connectivity index (χ4n) is 1.84. The van der Waals surface area contributed by atoms with Gasteiger partial charge in [-0.15, -0.1) is 0 Å². The molecule has 0 radical (unpaired) electrons. The lowest BCUT2D eigenvalue weighted by atomic mass is 9.96. The molecule has 2 N–H and O–H groups in total. The number of aliphatic imine (C=N–C) groups is 1. The second-order valence-electron chi connectivity index (χ2n) is 4.19. The highest BCUT2D eigenvalue weighted by Gasteiger charge is 2.13. The molecule has 15 heavy (non-hydrogen) atoms. The van der Waals surface area contributed by atoms with Crippen LogP contribution in [0.25, 0.3) is 0 Å². The van der Waals surface area contributed by atoms with Crippen LogP contribution in [0.5, 0.6) is 0 Å². The van der Waals surface area contributed by atoms with E-state index in [1.54, 1.807) is 0 Å². The van der Waals surface area contributed by atoms with Crippen LogP contribution in [0.3, 0.4) is 0 Å². The van der Waals surface area contributed by atoms with Crippen LogP contribution in [-0.2, 0) is 0 Å². The Labute approximate surface area is 97.5 Å². The largest absolute Gasteiger partial charge is 0.370 e. The molecular weight excluding hydrogens is 206 g/mol. The monoisotopic (exact) mass is 229 g/mol. The molecule has 0 saturated heterocycles. The molecular formula is C11H23N3S.